The zero-order valence-corrected chi connectivity index (χ0v) is 16.0. The molecule has 2 amide bonds. The third-order valence-electron chi connectivity index (χ3n) is 5.06. The monoisotopic (exact) mass is 376 g/mol. The Labute approximate surface area is 164 Å². The van der Waals surface area contributed by atoms with Gasteiger partial charge in [-0.1, -0.05) is 59.3 Å². The van der Waals surface area contributed by atoms with Crippen molar-refractivity contribution in [1.82, 2.24) is 20.4 Å². The third kappa shape index (κ3) is 4.22. The smallest absolute Gasteiger partial charge is 0.317 e. The first-order chi connectivity index (χ1) is 13.7. The minimum absolute atomic E-state index is 0.0491. The summed E-state index contributed by atoms with van der Waals surface area (Å²) >= 11 is 0. The number of nitrogens with zero attached hydrogens (tertiary/aromatic N) is 3. The molecule has 1 atom stereocenters. The zero-order valence-electron chi connectivity index (χ0n) is 16.0. The number of rotatable bonds is 4. The van der Waals surface area contributed by atoms with E-state index >= 15 is 0 Å². The number of hydrogen-bond donors (Lipinski definition) is 1. The Morgan fingerprint density at radius 1 is 1.21 bits per heavy atom. The lowest BCUT2D eigenvalue weighted by Crippen LogP contribution is -2.44. The van der Waals surface area contributed by atoms with Gasteiger partial charge >= 0.3 is 6.03 Å². The summed E-state index contributed by atoms with van der Waals surface area (Å²) in [7, 11) is 0. The van der Waals surface area contributed by atoms with E-state index in [4.69, 9.17) is 4.52 Å². The predicted octanol–water partition coefficient (Wildman–Crippen LogP) is 4.13. The molecule has 4 rings (SSSR count). The van der Waals surface area contributed by atoms with Crippen LogP contribution in [0.25, 0.3) is 11.4 Å². The Hall–Kier alpha value is -3.15. The van der Waals surface area contributed by atoms with Crippen molar-refractivity contribution < 1.29 is 9.32 Å². The molecule has 1 saturated heterocycles. The lowest BCUT2D eigenvalue weighted by atomic mass is 9.98. The van der Waals surface area contributed by atoms with Crippen LogP contribution in [0.4, 0.5) is 4.79 Å². The number of aryl methyl sites for hydroxylation is 1. The highest BCUT2D eigenvalue weighted by molar-refractivity contribution is 5.74. The molecule has 1 fully saturated rings. The maximum Gasteiger partial charge on any atom is 0.317 e. The van der Waals surface area contributed by atoms with Crippen molar-refractivity contribution in [2.24, 2.45) is 0 Å². The maximum absolute atomic E-state index is 12.6. The summed E-state index contributed by atoms with van der Waals surface area (Å²) in [6.45, 7) is 3.91. The number of likely N-dealkylation sites (tertiary alicyclic amines) is 1. The maximum atomic E-state index is 12.6. The van der Waals surface area contributed by atoms with E-state index in [1.165, 1.54) is 0 Å². The predicted molar refractivity (Wildman–Crippen MR) is 107 cm³/mol. The van der Waals surface area contributed by atoms with E-state index in [0.717, 1.165) is 36.1 Å². The number of nitrogens with one attached hydrogen (secondary N) is 1. The van der Waals surface area contributed by atoms with E-state index in [0.29, 0.717) is 24.8 Å². The molecule has 0 radical (unpaired) electrons. The first kappa shape index (κ1) is 18.2. The van der Waals surface area contributed by atoms with Gasteiger partial charge in [-0.2, -0.15) is 4.98 Å². The Kier molecular flexibility index (Phi) is 5.37. The summed E-state index contributed by atoms with van der Waals surface area (Å²) in [6.07, 6.45) is 1.86. The molecule has 6 heteroatoms. The van der Waals surface area contributed by atoms with E-state index in [9.17, 15) is 4.79 Å². The van der Waals surface area contributed by atoms with E-state index < -0.39 is 0 Å². The van der Waals surface area contributed by atoms with Crippen molar-refractivity contribution in [2.45, 2.75) is 32.2 Å². The molecule has 6 nitrogen and oxygen atoms in total. The molecule has 1 aliphatic heterocycles. The number of carbonyl (C=O) groups excluding carboxylic acids is 1. The summed E-state index contributed by atoms with van der Waals surface area (Å²) < 4.78 is 5.54. The van der Waals surface area contributed by atoms with Crippen molar-refractivity contribution >= 4 is 6.03 Å². The van der Waals surface area contributed by atoms with E-state index in [2.05, 4.69) is 15.5 Å². The zero-order chi connectivity index (χ0) is 19.3. The lowest BCUT2D eigenvalue weighted by Gasteiger charge is -2.31. The normalized spacial score (nSPS) is 16.8. The van der Waals surface area contributed by atoms with Crippen molar-refractivity contribution in [3.05, 3.63) is 71.6 Å². The van der Waals surface area contributed by atoms with Crippen LogP contribution in [0.2, 0.25) is 0 Å². The van der Waals surface area contributed by atoms with Gasteiger partial charge in [0, 0.05) is 25.2 Å². The topological polar surface area (TPSA) is 71.3 Å². The summed E-state index contributed by atoms with van der Waals surface area (Å²) in [6, 6.07) is 17.9. The van der Waals surface area contributed by atoms with Crippen LogP contribution in [0.5, 0.6) is 0 Å². The molecule has 28 heavy (non-hydrogen) atoms. The van der Waals surface area contributed by atoms with E-state index in [1.807, 2.05) is 66.4 Å². The molecule has 2 aromatic carbocycles. The fourth-order valence-electron chi connectivity index (χ4n) is 3.55. The number of hydrogen-bond acceptors (Lipinski definition) is 4. The minimum Gasteiger partial charge on any atom is -0.339 e. The lowest BCUT2D eigenvalue weighted by molar-refractivity contribution is 0.171. The highest BCUT2D eigenvalue weighted by Gasteiger charge is 2.28. The second-order valence-electron chi connectivity index (χ2n) is 7.26. The molecule has 0 spiro atoms. The first-order valence-corrected chi connectivity index (χ1v) is 9.66. The Morgan fingerprint density at radius 3 is 2.89 bits per heavy atom. The SMILES string of the molecule is Cc1cccc(-c2noc(C3CCCN(C(=O)NCc4ccccc4)C3)n2)c1. The van der Waals surface area contributed by atoms with Gasteiger partial charge in [0.05, 0.1) is 5.92 Å². The van der Waals surface area contributed by atoms with Gasteiger partial charge in [-0.25, -0.2) is 4.79 Å². The number of carbonyl (C=O) groups is 1. The second-order valence-corrected chi connectivity index (χ2v) is 7.26. The third-order valence-corrected chi connectivity index (χ3v) is 5.06. The largest absolute Gasteiger partial charge is 0.339 e. The van der Waals surface area contributed by atoms with Crippen LogP contribution in [0, 0.1) is 6.92 Å². The van der Waals surface area contributed by atoms with Crippen LogP contribution < -0.4 is 5.32 Å². The molecule has 2 heterocycles. The van der Waals surface area contributed by atoms with Crippen LogP contribution >= 0.6 is 0 Å². The summed E-state index contributed by atoms with van der Waals surface area (Å²) in [5.41, 5.74) is 3.19. The molecular formula is C22H24N4O2. The number of urea groups is 1. The van der Waals surface area contributed by atoms with Crippen LogP contribution in [-0.4, -0.2) is 34.2 Å². The van der Waals surface area contributed by atoms with Crippen LogP contribution in [0.1, 0.15) is 35.8 Å². The van der Waals surface area contributed by atoms with Gasteiger partial charge in [0.25, 0.3) is 0 Å². The summed E-state index contributed by atoms with van der Waals surface area (Å²) in [5, 5.41) is 7.14. The average molecular weight is 376 g/mol. The summed E-state index contributed by atoms with van der Waals surface area (Å²) in [4.78, 5) is 19.0. The fourth-order valence-corrected chi connectivity index (χ4v) is 3.55. The first-order valence-electron chi connectivity index (χ1n) is 9.66. The number of benzene rings is 2. The molecule has 0 bridgehead atoms. The van der Waals surface area contributed by atoms with Gasteiger partial charge in [0.2, 0.25) is 11.7 Å². The number of aromatic nitrogens is 2. The number of amides is 2. The summed E-state index contributed by atoms with van der Waals surface area (Å²) in [5.74, 6) is 1.28. The van der Waals surface area contributed by atoms with Crippen molar-refractivity contribution in [3.8, 4) is 11.4 Å². The molecule has 3 aromatic rings. The highest BCUT2D eigenvalue weighted by atomic mass is 16.5. The van der Waals surface area contributed by atoms with Crippen LogP contribution in [0.3, 0.4) is 0 Å². The van der Waals surface area contributed by atoms with Gasteiger partial charge in [-0.3, -0.25) is 0 Å². The Morgan fingerprint density at radius 2 is 2.07 bits per heavy atom. The molecule has 1 aliphatic rings. The van der Waals surface area contributed by atoms with Crippen LogP contribution in [-0.2, 0) is 6.54 Å². The van der Waals surface area contributed by atoms with Crippen molar-refractivity contribution in [1.29, 1.82) is 0 Å². The van der Waals surface area contributed by atoms with E-state index in [-0.39, 0.29) is 11.9 Å². The van der Waals surface area contributed by atoms with Gasteiger partial charge < -0.3 is 14.7 Å². The number of piperidine rings is 1. The van der Waals surface area contributed by atoms with Crippen LogP contribution in [0.15, 0.2) is 59.1 Å². The Balaban J connectivity index is 1.39. The van der Waals surface area contributed by atoms with Gasteiger partial charge in [0.1, 0.15) is 0 Å². The Bertz CT molecular complexity index is 938. The van der Waals surface area contributed by atoms with Gasteiger partial charge in [-0.15, -0.1) is 0 Å². The fraction of sp³-hybridized carbons (Fsp3) is 0.318. The van der Waals surface area contributed by atoms with Gasteiger partial charge in [0.15, 0.2) is 0 Å². The quantitative estimate of drug-likeness (QED) is 0.743. The molecule has 0 saturated carbocycles. The molecule has 1 unspecified atom stereocenters. The minimum atomic E-state index is -0.0491. The van der Waals surface area contributed by atoms with Crippen molar-refractivity contribution in [2.75, 3.05) is 13.1 Å². The molecule has 144 valence electrons. The highest BCUT2D eigenvalue weighted by Crippen LogP contribution is 2.27. The second kappa shape index (κ2) is 8.25. The van der Waals surface area contributed by atoms with Crippen molar-refractivity contribution in [3.63, 3.8) is 0 Å². The average Bonchev–Trinajstić information content (AvgIpc) is 3.23. The molecule has 1 aromatic heterocycles. The standard InChI is InChI=1S/C22H24N4O2/c1-16-7-5-10-18(13-16)20-24-21(28-25-20)19-11-6-12-26(15-19)22(27)23-14-17-8-3-2-4-9-17/h2-5,7-10,13,19H,6,11-12,14-15H2,1H3,(H,23,27). The molecular weight excluding hydrogens is 352 g/mol. The van der Waals surface area contributed by atoms with Gasteiger partial charge in [-0.05, 0) is 31.4 Å². The molecule has 0 aliphatic carbocycles. The van der Waals surface area contributed by atoms with E-state index in [1.54, 1.807) is 0 Å². The molecule has 1 N–H and O–H groups in total.